The van der Waals surface area contributed by atoms with Crippen LogP contribution in [-0.2, 0) is 0 Å². The second kappa shape index (κ2) is 5.68. The van der Waals surface area contributed by atoms with Gasteiger partial charge in [0.2, 0.25) is 0 Å². The molecule has 1 unspecified atom stereocenters. The molecule has 0 aliphatic rings. The first-order valence-corrected chi connectivity index (χ1v) is 6.98. The monoisotopic (exact) mass is 272 g/mol. The first-order valence-electron chi connectivity index (χ1n) is 6.98. The van der Waals surface area contributed by atoms with Crippen molar-refractivity contribution in [2.45, 2.75) is 13.0 Å². The molecule has 0 fully saturated rings. The number of anilines is 1. The van der Waals surface area contributed by atoms with Gasteiger partial charge in [0.1, 0.15) is 6.04 Å². The van der Waals surface area contributed by atoms with Crippen LogP contribution in [0.4, 0.5) is 5.69 Å². The molecule has 2 heteroatoms. The van der Waals surface area contributed by atoms with Crippen molar-refractivity contribution in [1.29, 1.82) is 5.26 Å². The molecule has 2 nitrogen and oxygen atoms in total. The van der Waals surface area contributed by atoms with E-state index in [-0.39, 0.29) is 6.04 Å². The summed E-state index contributed by atoms with van der Waals surface area (Å²) in [5.74, 6) is 0. The molecule has 0 amide bonds. The first-order chi connectivity index (χ1) is 10.3. The Balaban J connectivity index is 1.91. The molecule has 0 radical (unpaired) electrons. The second-order valence-corrected chi connectivity index (χ2v) is 5.18. The van der Waals surface area contributed by atoms with Crippen molar-refractivity contribution < 1.29 is 0 Å². The number of aryl methyl sites for hydroxylation is 1. The highest BCUT2D eigenvalue weighted by atomic mass is 14.9. The third kappa shape index (κ3) is 2.88. The van der Waals surface area contributed by atoms with Crippen molar-refractivity contribution in [3.63, 3.8) is 0 Å². The molecule has 102 valence electrons. The summed E-state index contributed by atoms with van der Waals surface area (Å²) in [7, 11) is 0. The van der Waals surface area contributed by atoms with Crippen LogP contribution < -0.4 is 5.32 Å². The molecule has 0 bridgehead atoms. The Morgan fingerprint density at radius 3 is 2.33 bits per heavy atom. The van der Waals surface area contributed by atoms with E-state index in [9.17, 15) is 5.26 Å². The largest absolute Gasteiger partial charge is 0.366 e. The van der Waals surface area contributed by atoms with Gasteiger partial charge in [0, 0.05) is 5.69 Å². The minimum Gasteiger partial charge on any atom is -0.366 e. The molecule has 0 saturated carbocycles. The molecule has 0 heterocycles. The molecular weight excluding hydrogens is 256 g/mol. The van der Waals surface area contributed by atoms with Gasteiger partial charge in [-0.3, -0.25) is 0 Å². The fourth-order valence-electron chi connectivity index (χ4n) is 2.39. The minimum absolute atomic E-state index is 0.350. The number of hydrogen-bond acceptors (Lipinski definition) is 2. The summed E-state index contributed by atoms with van der Waals surface area (Å²) < 4.78 is 0. The first kappa shape index (κ1) is 13.2. The molecule has 0 aliphatic heterocycles. The zero-order valence-corrected chi connectivity index (χ0v) is 11.9. The predicted octanol–water partition coefficient (Wildman–Crippen LogP) is 4.83. The SMILES string of the molecule is Cc1ccc(NC(C#N)c2ccc3ccccc3c2)cc1. The lowest BCUT2D eigenvalue weighted by atomic mass is 10.0. The topological polar surface area (TPSA) is 35.8 Å². The van der Waals surface area contributed by atoms with E-state index < -0.39 is 0 Å². The van der Waals surface area contributed by atoms with Gasteiger partial charge in [0.15, 0.2) is 0 Å². The smallest absolute Gasteiger partial charge is 0.140 e. The standard InChI is InChI=1S/C19H16N2/c1-14-6-10-18(11-7-14)21-19(13-20)17-9-8-15-4-2-3-5-16(15)12-17/h2-12,19,21H,1H3. The molecule has 21 heavy (non-hydrogen) atoms. The van der Waals surface area contributed by atoms with Crippen molar-refractivity contribution in [3.8, 4) is 6.07 Å². The maximum atomic E-state index is 9.45. The van der Waals surface area contributed by atoms with Gasteiger partial charge >= 0.3 is 0 Å². The van der Waals surface area contributed by atoms with Crippen LogP contribution in [0.5, 0.6) is 0 Å². The van der Waals surface area contributed by atoms with E-state index in [1.54, 1.807) is 0 Å². The van der Waals surface area contributed by atoms with Gasteiger partial charge in [-0.15, -0.1) is 0 Å². The summed E-state index contributed by atoms with van der Waals surface area (Å²) in [6.07, 6.45) is 0. The molecular formula is C19H16N2. The number of nitriles is 1. The molecule has 1 atom stereocenters. The summed E-state index contributed by atoms with van der Waals surface area (Å²) in [5.41, 5.74) is 3.15. The Hall–Kier alpha value is -2.79. The average Bonchev–Trinajstić information content (AvgIpc) is 2.54. The summed E-state index contributed by atoms with van der Waals surface area (Å²) in [5, 5.41) is 15.1. The van der Waals surface area contributed by atoms with E-state index in [4.69, 9.17) is 0 Å². The Kier molecular flexibility index (Phi) is 3.57. The predicted molar refractivity (Wildman–Crippen MR) is 87.1 cm³/mol. The molecule has 0 aliphatic carbocycles. The highest BCUT2D eigenvalue weighted by Crippen LogP contribution is 2.23. The van der Waals surface area contributed by atoms with E-state index in [0.29, 0.717) is 0 Å². The van der Waals surface area contributed by atoms with Gasteiger partial charge in [-0.25, -0.2) is 0 Å². The Bertz CT molecular complexity index is 798. The van der Waals surface area contributed by atoms with E-state index >= 15 is 0 Å². The van der Waals surface area contributed by atoms with Crippen molar-refractivity contribution in [1.82, 2.24) is 0 Å². The van der Waals surface area contributed by atoms with Crippen molar-refractivity contribution in [3.05, 3.63) is 77.9 Å². The lowest BCUT2D eigenvalue weighted by Crippen LogP contribution is -2.08. The molecule has 3 aromatic rings. The third-order valence-corrected chi connectivity index (χ3v) is 3.60. The van der Waals surface area contributed by atoms with Crippen molar-refractivity contribution >= 4 is 16.5 Å². The van der Waals surface area contributed by atoms with Crippen LogP contribution in [0.25, 0.3) is 10.8 Å². The molecule has 3 aromatic carbocycles. The molecule has 0 aromatic heterocycles. The fraction of sp³-hybridized carbons (Fsp3) is 0.105. The number of nitrogens with zero attached hydrogens (tertiary/aromatic N) is 1. The van der Waals surface area contributed by atoms with Gasteiger partial charge in [-0.2, -0.15) is 5.26 Å². The molecule has 1 N–H and O–H groups in total. The molecule has 0 spiro atoms. The zero-order chi connectivity index (χ0) is 14.7. The van der Waals surface area contributed by atoms with Crippen molar-refractivity contribution in [2.75, 3.05) is 5.32 Å². The van der Waals surface area contributed by atoms with Gasteiger partial charge in [0.05, 0.1) is 6.07 Å². The van der Waals surface area contributed by atoms with E-state index in [2.05, 4.69) is 42.6 Å². The zero-order valence-electron chi connectivity index (χ0n) is 11.9. The minimum atomic E-state index is -0.350. The second-order valence-electron chi connectivity index (χ2n) is 5.18. The Morgan fingerprint density at radius 2 is 1.62 bits per heavy atom. The normalized spacial score (nSPS) is 11.8. The summed E-state index contributed by atoms with van der Waals surface area (Å²) >= 11 is 0. The Morgan fingerprint density at radius 1 is 0.905 bits per heavy atom. The van der Waals surface area contributed by atoms with Crippen LogP contribution in [0.15, 0.2) is 66.7 Å². The summed E-state index contributed by atoms with van der Waals surface area (Å²) in [6.45, 7) is 2.05. The van der Waals surface area contributed by atoms with Gasteiger partial charge in [-0.05, 0) is 41.5 Å². The van der Waals surface area contributed by atoms with E-state index in [1.165, 1.54) is 10.9 Å². The van der Waals surface area contributed by atoms with Crippen LogP contribution in [0.1, 0.15) is 17.2 Å². The van der Waals surface area contributed by atoms with Crippen LogP contribution in [-0.4, -0.2) is 0 Å². The maximum absolute atomic E-state index is 9.45. The number of benzene rings is 3. The number of hydrogen-bond donors (Lipinski definition) is 1. The van der Waals surface area contributed by atoms with Crippen LogP contribution in [0.3, 0.4) is 0 Å². The van der Waals surface area contributed by atoms with Crippen LogP contribution in [0.2, 0.25) is 0 Å². The number of rotatable bonds is 3. The number of fused-ring (bicyclic) bond motifs is 1. The van der Waals surface area contributed by atoms with E-state index in [1.807, 2.05) is 42.5 Å². The summed E-state index contributed by atoms with van der Waals surface area (Å²) in [4.78, 5) is 0. The third-order valence-electron chi connectivity index (χ3n) is 3.60. The highest BCUT2D eigenvalue weighted by Gasteiger charge is 2.10. The lowest BCUT2D eigenvalue weighted by molar-refractivity contribution is 1.00. The van der Waals surface area contributed by atoms with Gasteiger partial charge in [0.25, 0.3) is 0 Å². The fourth-order valence-corrected chi connectivity index (χ4v) is 2.39. The van der Waals surface area contributed by atoms with Gasteiger partial charge < -0.3 is 5.32 Å². The van der Waals surface area contributed by atoms with Crippen LogP contribution >= 0.6 is 0 Å². The summed E-state index contributed by atoms with van der Waals surface area (Å²) in [6, 6.07) is 24.4. The maximum Gasteiger partial charge on any atom is 0.140 e. The van der Waals surface area contributed by atoms with E-state index in [0.717, 1.165) is 16.6 Å². The van der Waals surface area contributed by atoms with Gasteiger partial charge in [-0.1, -0.05) is 54.1 Å². The average molecular weight is 272 g/mol. The Labute approximate surface area is 124 Å². The van der Waals surface area contributed by atoms with Crippen molar-refractivity contribution in [2.24, 2.45) is 0 Å². The number of nitrogens with one attached hydrogen (secondary N) is 1. The quantitative estimate of drug-likeness (QED) is 0.741. The van der Waals surface area contributed by atoms with Crippen LogP contribution in [0, 0.1) is 18.3 Å². The highest BCUT2D eigenvalue weighted by molar-refractivity contribution is 5.83. The lowest BCUT2D eigenvalue weighted by Gasteiger charge is -2.14. The molecule has 0 saturated heterocycles. The molecule has 3 rings (SSSR count).